The molecular formula is C44H74O25. The maximum absolute atomic E-state index is 15.4. The van der Waals surface area contributed by atoms with E-state index in [1.165, 1.54) is 0 Å². The molecule has 0 aliphatic rings. The average molecular weight is 1000 g/mol. The molecule has 25 heteroatoms. The molecule has 0 aliphatic heterocycles. The van der Waals surface area contributed by atoms with Crippen LogP contribution in [0.15, 0.2) is 0 Å². The van der Waals surface area contributed by atoms with Crippen LogP contribution in [0.2, 0.25) is 0 Å². The minimum atomic E-state index is -5.13. The lowest BCUT2D eigenvalue weighted by molar-refractivity contribution is -0.243. The maximum atomic E-state index is 15.4. The molecule has 0 rings (SSSR count). The number of hydrogen-bond acceptors (Lipinski definition) is 25. The van der Waals surface area contributed by atoms with Gasteiger partial charge >= 0.3 is 0 Å². The third kappa shape index (κ3) is 14.0. The van der Waals surface area contributed by atoms with Gasteiger partial charge < -0.3 is 86.4 Å². The maximum Gasteiger partial charge on any atom is 0.211 e. The van der Waals surface area contributed by atoms with E-state index in [0.29, 0.717) is 38.5 Å². The molecule has 0 heterocycles. The van der Waals surface area contributed by atoms with E-state index in [4.69, 9.17) is 4.74 Å². The van der Waals surface area contributed by atoms with Crippen LogP contribution in [0.4, 0.5) is 0 Å². The minimum Gasteiger partial charge on any atom is -0.393 e. The van der Waals surface area contributed by atoms with Crippen LogP contribution in [0, 0.1) is 10.8 Å². The van der Waals surface area contributed by atoms with Crippen molar-refractivity contribution in [1.29, 1.82) is 0 Å². The lowest BCUT2D eigenvalue weighted by atomic mass is 9.53. The monoisotopic (exact) mass is 1000 g/mol. The fraction of sp³-hybridized carbons (Fsp3) is 0.818. The summed E-state index contributed by atoms with van der Waals surface area (Å²) in [7, 11) is 0. The van der Waals surface area contributed by atoms with Crippen LogP contribution in [-0.4, -0.2) is 241 Å². The van der Waals surface area contributed by atoms with Gasteiger partial charge in [0.1, 0.15) is 59.7 Å². The van der Waals surface area contributed by atoms with Gasteiger partial charge in [0.15, 0.2) is 23.1 Å². The minimum absolute atomic E-state index is 0.153. The van der Waals surface area contributed by atoms with E-state index >= 15 is 38.4 Å². The predicted octanol–water partition coefficient (Wildman–Crippen LogP) is -6.67. The zero-order valence-electron chi connectivity index (χ0n) is 39.0. The van der Waals surface area contributed by atoms with Gasteiger partial charge in [-0.2, -0.15) is 0 Å². The molecule has 0 bridgehead atoms. The van der Waals surface area contributed by atoms with Crippen LogP contribution >= 0.6 is 0 Å². The summed E-state index contributed by atoms with van der Waals surface area (Å²) in [6.07, 6.45) is -27.4. The quantitative estimate of drug-likeness (QED) is 0.0200. The molecule has 0 aliphatic carbocycles. The van der Waals surface area contributed by atoms with Crippen molar-refractivity contribution in [3.63, 3.8) is 0 Å². The summed E-state index contributed by atoms with van der Waals surface area (Å²) < 4.78 is 6.01. The molecule has 0 radical (unpaired) electrons. The Labute approximate surface area is 398 Å². The number of ketones is 8. The molecule has 0 spiro atoms. The highest BCUT2D eigenvalue weighted by molar-refractivity contribution is 6.29. The van der Waals surface area contributed by atoms with E-state index in [2.05, 4.69) is 0 Å². The highest BCUT2D eigenvalue weighted by Crippen LogP contribution is 2.54. The Morgan fingerprint density at radius 3 is 0.667 bits per heavy atom. The first-order valence-electron chi connectivity index (χ1n) is 22.8. The summed E-state index contributed by atoms with van der Waals surface area (Å²) in [4.78, 5) is 122. The number of hydrogen-bond donors (Lipinski definition) is 16. The third-order valence-electron chi connectivity index (χ3n) is 12.2. The molecule has 0 saturated heterocycles. The number of aliphatic hydroxyl groups is 16. The molecule has 0 saturated carbocycles. The molecule has 400 valence electrons. The highest BCUT2D eigenvalue weighted by atomic mass is 16.6. The van der Waals surface area contributed by atoms with Crippen molar-refractivity contribution in [1.82, 2.24) is 0 Å². The lowest BCUT2D eigenvalue weighted by Crippen LogP contribution is -2.82. The van der Waals surface area contributed by atoms with Crippen LogP contribution in [0.5, 0.6) is 0 Å². The van der Waals surface area contributed by atoms with Crippen LogP contribution in [0.25, 0.3) is 0 Å². The van der Waals surface area contributed by atoms with Crippen molar-refractivity contribution in [2.75, 3.05) is 52.9 Å². The molecule has 69 heavy (non-hydrogen) atoms. The molecule has 0 aromatic rings. The first-order valence-corrected chi connectivity index (χ1v) is 22.8. The van der Waals surface area contributed by atoms with Gasteiger partial charge in [-0.15, -0.1) is 0 Å². The SMILES string of the molecule is CCCCCCCCC(C(=O)C(O)CO)(C(=O)C(O)CO)C(OC(C(=O)C(O)CO)(C(=O)C(O)CO)C(CCCCCCCC)(C(=O)C(O)CO)C(=O)C(O)CO)(C(=O)C(O)CO)C(=O)C(O)CO. The second-order valence-corrected chi connectivity index (χ2v) is 16.8. The number of Topliss-reactive ketones (excluding diaryl/α,β-unsaturated/α-hetero) is 8. The van der Waals surface area contributed by atoms with Gasteiger partial charge in [0.25, 0.3) is 0 Å². The van der Waals surface area contributed by atoms with Crippen molar-refractivity contribution < 1.29 is 125 Å². The van der Waals surface area contributed by atoms with Gasteiger partial charge in [0.2, 0.25) is 34.3 Å². The first kappa shape index (κ1) is 65.7. The Balaban J connectivity index is 10.8. The fourth-order valence-electron chi connectivity index (χ4n) is 8.55. The molecule has 0 aromatic carbocycles. The summed E-state index contributed by atoms with van der Waals surface area (Å²) in [6, 6.07) is 0. The van der Waals surface area contributed by atoms with E-state index in [-0.39, 0.29) is 25.7 Å². The van der Waals surface area contributed by atoms with E-state index < -0.39 is 196 Å². The number of aliphatic hydroxyl groups excluding tert-OH is 16. The van der Waals surface area contributed by atoms with Crippen LogP contribution in [0.1, 0.15) is 104 Å². The van der Waals surface area contributed by atoms with E-state index in [1.807, 2.05) is 0 Å². The molecule has 8 unspecified atom stereocenters. The molecule has 16 N–H and O–H groups in total. The highest BCUT2D eigenvalue weighted by Gasteiger charge is 2.80. The van der Waals surface area contributed by atoms with Gasteiger partial charge in [-0.3, -0.25) is 38.4 Å². The van der Waals surface area contributed by atoms with Gasteiger partial charge in [0.05, 0.1) is 52.9 Å². The van der Waals surface area contributed by atoms with Crippen molar-refractivity contribution in [2.45, 2.75) is 164 Å². The lowest BCUT2D eigenvalue weighted by Gasteiger charge is -2.55. The molecule has 0 fully saturated rings. The summed E-state index contributed by atoms with van der Waals surface area (Å²) >= 11 is 0. The van der Waals surface area contributed by atoms with Gasteiger partial charge in [0, 0.05) is 0 Å². The topological polar surface area (TPSA) is 469 Å². The Kier molecular flexibility index (Phi) is 29.7. The summed E-state index contributed by atoms with van der Waals surface area (Å²) in [6.45, 7) is -11.5. The normalized spacial score (nSPS) is 18.9. The van der Waals surface area contributed by atoms with Gasteiger partial charge in [-0.05, 0) is 12.8 Å². The largest absolute Gasteiger partial charge is 0.393 e. The zero-order valence-corrected chi connectivity index (χ0v) is 39.0. The molecule has 0 aromatic heterocycles. The van der Waals surface area contributed by atoms with E-state index in [0.717, 1.165) is 0 Å². The number of carbonyl (C=O) groups excluding carboxylic acids is 8. The Morgan fingerprint density at radius 2 is 0.478 bits per heavy atom. The predicted molar refractivity (Wildman–Crippen MR) is 232 cm³/mol. The first-order chi connectivity index (χ1) is 32.5. The zero-order chi connectivity index (χ0) is 53.5. The van der Waals surface area contributed by atoms with Crippen LogP contribution in [0.3, 0.4) is 0 Å². The van der Waals surface area contributed by atoms with Crippen molar-refractivity contribution in [2.24, 2.45) is 10.8 Å². The molecule has 8 atom stereocenters. The molecular weight excluding hydrogens is 928 g/mol. The van der Waals surface area contributed by atoms with Crippen molar-refractivity contribution in [3.8, 4) is 0 Å². The van der Waals surface area contributed by atoms with E-state index in [9.17, 15) is 81.7 Å². The number of unbranched alkanes of at least 4 members (excludes halogenated alkanes) is 10. The third-order valence-corrected chi connectivity index (χ3v) is 12.2. The van der Waals surface area contributed by atoms with Crippen LogP contribution in [-0.2, 0) is 43.1 Å². The number of ether oxygens (including phenoxy) is 1. The standard InChI is InChI=1S/C44H74O25/c1-3-5-7-9-11-13-15-41(33(61)25(53)17-45,34(62)26(54)18-46)43(37(65)29(57)21-49,38(66)30(58)22-50)69-44(39(67)31(59)23-51,40(68)32(60)24-52)42(35(63)27(55)19-47,36(64)28(56)20-48)16-14-12-10-8-6-4-2/h25-32,45-60H,3-24H2,1-2H3. The second-order valence-electron chi connectivity index (χ2n) is 16.8. The molecule has 0 amide bonds. The Hall–Kier alpha value is -3.32. The van der Waals surface area contributed by atoms with Gasteiger partial charge in [-0.25, -0.2) is 0 Å². The average Bonchev–Trinajstić information content (AvgIpc) is 3.37. The Bertz CT molecular complexity index is 1460. The van der Waals surface area contributed by atoms with Crippen molar-refractivity contribution >= 4 is 46.3 Å². The van der Waals surface area contributed by atoms with Crippen LogP contribution < -0.4 is 0 Å². The number of carbonyl (C=O) groups is 8. The molecule has 25 nitrogen and oxygen atoms in total. The second kappa shape index (κ2) is 31.2. The summed E-state index contributed by atoms with van der Waals surface area (Å²) in [5.41, 5.74) is -19.1. The summed E-state index contributed by atoms with van der Waals surface area (Å²) in [5.74, 6) is -20.4. The summed E-state index contributed by atoms with van der Waals surface area (Å²) in [5, 5.41) is 172. The smallest absolute Gasteiger partial charge is 0.211 e. The van der Waals surface area contributed by atoms with Crippen molar-refractivity contribution in [3.05, 3.63) is 0 Å². The van der Waals surface area contributed by atoms with Gasteiger partial charge in [-0.1, -0.05) is 90.9 Å². The fourth-order valence-corrected chi connectivity index (χ4v) is 8.55. The number of rotatable bonds is 42. The Morgan fingerprint density at radius 1 is 0.304 bits per heavy atom. The van der Waals surface area contributed by atoms with E-state index in [1.54, 1.807) is 13.8 Å².